The summed E-state index contributed by atoms with van der Waals surface area (Å²) in [5.74, 6) is -4.27. The third-order valence-electron chi connectivity index (χ3n) is 5.74. The highest BCUT2D eigenvalue weighted by molar-refractivity contribution is 5.95. The number of para-hydroxylation sites is 1. The number of anilines is 2. The van der Waals surface area contributed by atoms with E-state index in [0.29, 0.717) is 36.8 Å². The number of nitrogen functional groups attached to an aromatic ring is 1. The van der Waals surface area contributed by atoms with Crippen LogP contribution >= 0.6 is 0 Å². The third-order valence-corrected chi connectivity index (χ3v) is 5.74. The Hall–Kier alpha value is -5.13. The number of aliphatic carboxylic acids is 2. The van der Waals surface area contributed by atoms with Gasteiger partial charge in [0.05, 0.1) is 17.3 Å². The van der Waals surface area contributed by atoms with Gasteiger partial charge in [0.2, 0.25) is 11.9 Å². The Morgan fingerprint density at radius 1 is 1.02 bits per heavy atom. The molecule has 0 aliphatic carbocycles. The van der Waals surface area contributed by atoms with Crippen molar-refractivity contribution in [3.8, 4) is 22.8 Å². The highest BCUT2D eigenvalue weighted by Crippen LogP contribution is 2.32. The first-order valence-electron chi connectivity index (χ1n) is 13.0. The predicted octanol–water partition coefficient (Wildman–Crippen LogP) is 4.12. The fourth-order valence-corrected chi connectivity index (χ4v) is 3.51. The van der Waals surface area contributed by atoms with E-state index >= 15 is 0 Å². The van der Waals surface area contributed by atoms with Crippen LogP contribution in [0, 0.1) is 5.92 Å². The largest absolute Gasteiger partial charge is 0.492 e. The number of alkyl halides is 6. The zero-order valence-electron chi connectivity index (χ0n) is 24.2. The first kappa shape index (κ1) is 37.1. The lowest BCUT2D eigenvalue weighted by molar-refractivity contribution is -0.193. The van der Waals surface area contributed by atoms with Gasteiger partial charge in [-0.2, -0.15) is 26.3 Å². The van der Waals surface area contributed by atoms with Crippen LogP contribution in [0.5, 0.6) is 11.5 Å². The smallest absolute Gasteiger partial charge is 0.490 e. The number of carboxylic acid groups (broad SMARTS) is 2. The van der Waals surface area contributed by atoms with Crippen molar-refractivity contribution in [2.75, 3.05) is 44.9 Å². The predicted molar refractivity (Wildman–Crippen MR) is 151 cm³/mol. The molecule has 1 aliphatic heterocycles. The molecule has 2 aromatic carbocycles. The van der Waals surface area contributed by atoms with E-state index in [9.17, 15) is 31.1 Å². The molecule has 1 aromatic heterocycles. The Labute approximate surface area is 257 Å². The molecule has 250 valence electrons. The summed E-state index contributed by atoms with van der Waals surface area (Å²) >= 11 is 0. The number of nitrogens with one attached hydrogen (secondary N) is 1. The number of ether oxygens (including phenoxy) is 2. The van der Waals surface area contributed by atoms with Crippen molar-refractivity contribution < 1.29 is 60.4 Å². The maximum atomic E-state index is 13.0. The Balaban J connectivity index is 0.000000440. The molecule has 0 fully saturated rings. The third kappa shape index (κ3) is 12.1. The van der Waals surface area contributed by atoms with Gasteiger partial charge in [-0.3, -0.25) is 4.79 Å². The van der Waals surface area contributed by atoms with Gasteiger partial charge < -0.3 is 35.6 Å². The van der Waals surface area contributed by atoms with Gasteiger partial charge in [-0.25, -0.2) is 19.6 Å². The van der Waals surface area contributed by atoms with E-state index in [0.717, 1.165) is 23.4 Å². The number of nitrogens with zero attached hydrogens (tertiary/aromatic N) is 3. The van der Waals surface area contributed by atoms with Gasteiger partial charge in [0.15, 0.2) is 0 Å². The van der Waals surface area contributed by atoms with Gasteiger partial charge in [-0.05, 0) is 50.3 Å². The number of halogens is 6. The molecule has 5 N–H and O–H groups in total. The average molecular weight is 662 g/mol. The molecule has 3 aromatic rings. The molecule has 1 aliphatic rings. The molecule has 4 rings (SSSR count). The summed E-state index contributed by atoms with van der Waals surface area (Å²) in [5.41, 5.74) is 8.89. The van der Waals surface area contributed by atoms with Gasteiger partial charge in [0, 0.05) is 18.3 Å². The van der Waals surface area contributed by atoms with Crippen LogP contribution in [0.3, 0.4) is 0 Å². The Morgan fingerprint density at radius 3 is 2.20 bits per heavy atom. The molecular formula is C28H29F6N5O7. The van der Waals surface area contributed by atoms with E-state index in [2.05, 4.69) is 15.3 Å². The van der Waals surface area contributed by atoms with Crippen LogP contribution in [0.4, 0.5) is 38.0 Å². The lowest BCUT2D eigenvalue weighted by Gasteiger charge is -2.25. The number of carboxylic acids is 2. The van der Waals surface area contributed by atoms with Crippen molar-refractivity contribution in [1.29, 1.82) is 0 Å². The van der Waals surface area contributed by atoms with Crippen molar-refractivity contribution >= 4 is 29.5 Å². The van der Waals surface area contributed by atoms with Crippen LogP contribution < -0.4 is 20.5 Å². The second-order valence-corrected chi connectivity index (χ2v) is 9.58. The number of hydrogen-bond donors (Lipinski definition) is 4. The molecule has 2 heterocycles. The summed E-state index contributed by atoms with van der Waals surface area (Å²) in [5, 5.41) is 17.3. The number of aromatic nitrogens is 2. The summed E-state index contributed by atoms with van der Waals surface area (Å²) in [6, 6.07) is 15.2. The topological polar surface area (TPSA) is 177 Å². The Kier molecular flexibility index (Phi) is 13.1. The molecule has 1 amide bonds. The Bertz CT molecular complexity index is 1480. The van der Waals surface area contributed by atoms with Gasteiger partial charge in [-0.1, -0.05) is 24.3 Å². The van der Waals surface area contributed by atoms with Crippen LogP contribution in [-0.2, 0) is 20.8 Å². The zero-order chi connectivity index (χ0) is 34.7. The molecule has 1 unspecified atom stereocenters. The molecule has 0 spiro atoms. The van der Waals surface area contributed by atoms with Crippen LogP contribution in [-0.4, -0.2) is 89.1 Å². The SMILES string of the molecule is CN(C)CCOc1cc(-c2ccnc(N)n2)ccc1NC(=O)C1COc2ccccc2C1.O=C(O)C(F)(F)F.O=C(O)C(F)(F)F. The van der Waals surface area contributed by atoms with Crippen LogP contribution in [0.15, 0.2) is 54.7 Å². The number of nitrogens with two attached hydrogens (primary N) is 1. The minimum Gasteiger partial charge on any atom is -0.492 e. The van der Waals surface area contributed by atoms with Crippen molar-refractivity contribution in [3.05, 3.63) is 60.3 Å². The number of carbonyl (C=O) groups excluding carboxylic acids is 1. The number of hydrogen-bond acceptors (Lipinski definition) is 9. The number of carbonyl (C=O) groups is 3. The molecule has 0 radical (unpaired) electrons. The molecule has 18 heteroatoms. The van der Waals surface area contributed by atoms with E-state index in [1.54, 1.807) is 12.3 Å². The first-order valence-corrected chi connectivity index (χ1v) is 13.0. The van der Waals surface area contributed by atoms with Crippen LogP contribution in [0.1, 0.15) is 5.56 Å². The fourth-order valence-electron chi connectivity index (χ4n) is 3.51. The van der Waals surface area contributed by atoms with Gasteiger partial charge in [-0.15, -0.1) is 0 Å². The van der Waals surface area contributed by atoms with E-state index in [1.807, 2.05) is 61.5 Å². The molecule has 0 saturated heterocycles. The first-order chi connectivity index (χ1) is 21.4. The average Bonchev–Trinajstić information content (AvgIpc) is 2.97. The quantitative estimate of drug-likeness (QED) is 0.268. The number of rotatable bonds is 7. The van der Waals surface area contributed by atoms with Gasteiger partial charge in [0.1, 0.15) is 24.7 Å². The highest BCUT2D eigenvalue weighted by Gasteiger charge is 2.39. The van der Waals surface area contributed by atoms with Crippen molar-refractivity contribution in [3.63, 3.8) is 0 Å². The maximum Gasteiger partial charge on any atom is 0.490 e. The highest BCUT2D eigenvalue weighted by atomic mass is 19.4. The zero-order valence-corrected chi connectivity index (χ0v) is 24.2. The van der Waals surface area contributed by atoms with E-state index in [-0.39, 0.29) is 17.8 Å². The molecule has 0 saturated carbocycles. The summed E-state index contributed by atoms with van der Waals surface area (Å²) < 4.78 is 75.3. The van der Waals surface area contributed by atoms with Crippen LogP contribution in [0.2, 0.25) is 0 Å². The summed E-state index contributed by atoms with van der Waals surface area (Å²) in [7, 11) is 3.96. The summed E-state index contributed by atoms with van der Waals surface area (Å²) in [4.78, 5) is 41.1. The molecule has 1 atom stereocenters. The maximum absolute atomic E-state index is 13.0. The number of likely N-dealkylation sites (N-methyl/N-ethyl adjacent to an activating group) is 1. The minimum atomic E-state index is -5.08. The summed E-state index contributed by atoms with van der Waals surface area (Å²) in [6.45, 7) is 1.56. The standard InChI is InChI=1S/C24H27N5O3.2C2HF3O2/c1-29(2)11-12-31-22-14-16(19-9-10-26-24(25)28-19)7-8-20(22)27-23(30)18-13-17-5-3-4-6-21(17)32-15-18;2*3-2(4,5)1(6)7/h3-10,14,18H,11-13,15H2,1-2H3,(H,27,30)(H2,25,26,28);2*(H,6,7). The molecule has 12 nitrogen and oxygen atoms in total. The lowest BCUT2D eigenvalue weighted by Crippen LogP contribution is -2.32. The van der Waals surface area contributed by atoms with Crippen LogP contribution in [0.25, 0.3) is 11.3 Å². The van der Waals surface area contributed by atoms with Gasteiger partial charge in [0.25, 0.3) is 0 Å². The monoisotopic (exact) mass is 661 g/mol. The second kappa shape index (κ2) is 16.3. The van der Waals surface area contributed by atoms with Crippen molar-refractivity contribution in [1.82, 2.24) is 14.9 Å². The van der Waals surface area contributed by atoms with E-state index < -0.39 is 24.3 Å². The lowest BCUT2D eigenvalue weighted by atomic mass is 9.96. The number of fused-ring (bicyclic) bond motifs is 1. The van der Waals surface area contributed by atoms with E-state index in [1.165, 1.54) is 0 Å². The Morgan fingerprint density at radius 2 is 1.63 bits per heavy atom. The molecular weight excluding hydrogens is 632 g/mol. The number of benzene rings is 2. The number of amides is 1. The minimum absolute atomic E-state index is 0.101. The summed E-state index contributed by atoms with van der Waals surface area (Å²) in [6.07, 6.45) is -7.92. The normalized spacial score (nSPS) is 13.9. The van der Waals surface area contributed by atoms with E-state index in [4.69, 9.17) is 35.0 Å². The molecule has 0 bridgehead atoms. The van der Waals surface area contributed by atoms with Gasteiger partial charge >= 0.3 is 24.3 Å². The fraction of sp³-hybridized carbons (Fsp3) is 0.321. The second-order valence-electron chi connectivity index (χ2n) is 9.58. The van der Waals surface area contributed by atoms with Crippen molar-refractivity contribution in [2.24, 2.45) is 5.92 Å². The molecule has 46 heavy (non-hydrogen) atoms. The van der Waals surface area contributed by atoms with Crippen molar-refractivity contribution in [2.45, 2.75) is 18.8 Å².